The van der Waals surface area contributed by atoms with Crippen LogP contribution in [0.1, 0.15) is 17.2 Å². The quantitative estimate of drug-likeness (QED) is 0.352. The lowest BCUT2D eigenvalue weighted by Gasteiger charge is -2.37. The zero-order valence-electron chi connectivity index (χ0n) is 16.2. The number of amides is 1. The van der Waals surface area contributed by atoms with E-state index in [1.165, 1.54) is 6.07 Å². The van der Waals surface area contributed by atoms with Crippen LogP contribution < -0.4 is 4.90 Å². The third-order valence-electron chi connectivity index (χ3n) is 5.01. The van der Waals surface area contributed by atoms with Gasteiger partial charge >= 0.3 is 0 Å². The van der Waals surface area contributed by atoms with Crippen LogP contribution in [0.2, 0.25) is 10.0 Å². The van der Waals surface area contributed by atoms with Crippen LogP contribution in [0.3, 0.4) is 0 Å². The van der Waals surface area contributed by atoms with E-state index < -0.39 is 11.0 Å². The third kappa shape index (κ3) is 4.40. The van der Waals surface area contributed by atoms with Gasteiger partial charge in [0.25, 0.3) is 11.6 Å². The molecule has 1 unspecified atom stereocenters. The molecule has 3 aromatic rings. The summed E-state index contributed by atoms with van der Waals surface area (Å²) < 4.78 is 0. The average Bonchev–Trinajstić information content (AvgIpc) is 2.77. The van der Waals surface area contributed by atoms with Crippen LogP contribution in [0, 0.1) is 10.1 Å². The van der Waals surface area contributed by atoms with E-state index in [0.29, 0.717) is 27.8 Å². The fraction of sp³-hybridized carbons (Fsp3) is 0.0870. The highest BCUT2D eigenvalue weighted by atomic mass is 35.5. The van der Waals surface area contributed by atoms with E-state index in [0.717, 1.165) is 5.56 Å². The van der Waals surface area contributed by atoms with Crippen LogP contribution in [-0.2, 0) is 11.3 Å². The summed E-state index contributed by atoms with van der Waals surface area (Å²) in [4.78, 5) is 27.9. The van der Waals surface area contributed by atoms with Crippen LogP contribution in [0.15, 0.2) is 85.2 Å². The number of hydrogen-bond donors (Lipinski definition) is 0. The Bertz CT molecular complexity index is 1150. The van der Waals surface area contributed by atoms with Gasteiger partial charge in [-0.2, -0.15) is 0 Å². The predicted octanol–water partition coefficient (Wildman–Crippen LogP) is 5.96. The lowest BCUT2D eigenvalue weighted by atomic mass is 10.0. The first-order valence-corrected chi connectivity index (χ1v) is 10.2. The van der Waals surface area contributed by atoms with Crippen LogP contribution in [0.4, 0.5) is 11.4 Å². The summed E-state index contributed by atoms with van der Waals surface area (Å²) in [5.74, 6) is -0.210. The Morgan fingerprint density at radius 2 is 1.48 bits per heavy atom. The van der Waals surface area contributed by atoms with E-state index in [-0.39, 0.29) is 11.6 Å². The second-order valence-electron chi connectivity index (χ2n) is 7.00. The molecule has 1 atom stereocenters. The maximum absolute atomic E-state index is 13.6. The van der Waals surface area contributed by atoms with Gasteiger partial charge in [-0.1, -0.05) is 59.6 Å². The fourth-order valence-electron chi connectivity index (χ4n) is 3.51. The largest absolute Gasteiger partial charge is 0.324 e. The van der Waals surface area contributed by atoms with Gasteiger partial charge in [-0.05, 0) is 41.5 Å². The number of hydrogen-bond acceptors (Lipinski definition) is 4. The Balaban J connectivity index is 1.76. The zero-order chi connectivity index (χ0) is 22.0. The molecule has 0 radical (unpaired) electrons. The van der Waals surface area contributed by atoms with Crippen molar-refractivity contribution in [1.29, 1.82) is 0 Å². The van der Waals surface area contributed by atoms with Gasteiger partial charge < -0.3 is 9.80 Å². The lowest BCUT2D eigenvalue weighted by Crippen LogP contribution is -2.42. The van der Waals surface area contributed by atoms with Crippen molar-refractivity contribution in [3.05, 3.63) is 116 Å². The second kappa shape index (κ2) is 8.79. The Labute approximate surface area is 189 Å². The highest BCUT2D eigenvalue weighted by Gasteiger charge is 2.36. The maximum atomic E-state index is 13.6. The monoisotopic (exact) mass is 453 g/mol. The molecule has 4 rings (SSSR count). The molecule has 1 aliphatic rings. The van der Waals surface area contributed by atoms with Crippen molar-refractivity contribution in [2.24, 2.45) is 0 Å². The Morgan fingerprint density at radius 3 is 2.13 bits per heavy atom. The van der Waals surface area contributed by atoms with E-state index in [4.69, 9.17) is 23.2 Å². The predicted molar refractivity (Wildman–Crippen MR) is 121 cm³/mol. The van der Waals surface area contributed by atoms with E-state index >= 15 is 0 Å². The molecule has 6 nitrogen and oxygen atoms in total. The molecule has 0 saturated carbocycles. The van der Waals surface area contributed by atoms with Crippen LogP contribution in [0.25, 0.3) is 0 Å². The standard InChI is InChI=1S/C23H17Cl2N3O3/c24-18-9-5-16(6-10-18)15-26-13-14-27(20-3-1-2-4-21(20)28(30)31)22(23(26)29)17-7-11-19(25)12-8-17/h1-14,22H,15H2. The molecule has 0 bridgehead atoms. The fourth-order valence-corrected chi connectivity index (χ4v) is 3.76. The van der Waals surface area contributed by atoms with E-state index in [1.54, 1.807) is 76.8 Å². The molecule has 0 aromatic heterocycles. The van der Waals surface area contributed by atoms with Crippen molar-refractivity contribution < 1.29 is 9.72 Å². The molecule has 1 aliphatic heterocycles. The average molecular weight is 454 g/mol. The first-order valence-electron chi connectivity index (χ1n) is 9.44. The summed E-state index contributed by atoms with van der Waals surface area (Å²) >= 11 is 12.0. The minimum Gasteiger partial charge on any atom is -0.324 e. The summed E-state index contributed by atoms with van der Waals surface area (Å²) in [6.07, 6.45) is 3.33. The number of carbonyl (C=O) groups is 1. The molecule has 0 spiro atoms. The highest BCUT2D eigenvalue weighted by Crippen LogP contribution is 2.38. The molecule has 0 N–H and O–H groups in total. The van der Waals surface area contributed by atoms with Crippen LogP contribution in [-0.4, -0.2) is 15.7 Å². The maximum Gasteiger partial charge on any atom is 0.292 e. The number of nitrogens with zero attached hydrogens (tertiary/aromatic N) is 3. The molecule has 8 heteroatoms. The summed E-state index contributed by atoms with van der Waals surface area (Å²) in [6.45, 7) is 0.349. The molecule has 31 heavy (non-hydrogen) atoms. The summed E-state index contributed by atoms with van der Waals surface area (Å²) in [6, 6.07) is 19.7. The van der Waals surface area contributed by atoms with Gasteiger partial charge in [-0.25, -0.2) is 0 Å². The van der Waals surface area contributed by atoms with Gasteiger partial charge in [0.05, 0.1) is 11.5 Å². The van der Waals surface area contributed by atoms with E-state index in [9.17, 15) is 14.9 Å². The first-order chi connectivity index (χ1) is 14.9. The summed E-state index contributed by atoms with van der Waals surface area (Å²) in [7, 11) is 0. The number of para-hydroxylation sites is 2. The Hall–Kier alpha value is -3.35. The molecule has 0 fully saturated rings. The smallest absolute Gasteiger partial charge is 0.292 e. The van der Waals surface area contributed by atoms with Crippen LogP contribution >= 0.6 is 23.2 Å². The van der Waals surface area contributed by atoms with E-state index in [2.05, 4.69) is 0 Å². The molecule has 1 amide bonds. The molecular formula is C23H17Cl2N3O3. The molecule has 1 heterocycles. The van der Waals surface area contributed by atoms with Gasteiger partial charge in [0.1, 0.15) is 11.7 Å². The number of halogens is 2. The van der Waals surface area contributed by atoms with Gasteiger partial charge in [0.15, 0.2) is 0 Å². The number of carbonyl (C=O) groups excluding carboxylic acids is 1. The van der Waals surface area contributed by atoms with Crippen molar-refractivity contribution in [2.75, 3.05) is 4.90 Å². The van der Waals surface area contributed by atoms with Gasteiger partial charge in [-0.15, -0.1) is 0 Å². The third-order valence-corrected chi connectivity index (χ3v) is 5.51. The number of rotatable bonds is 5. The SMILES string of the molecule is O=C1C(c2ccc(Cl)cc2)N(c2ccccc2[N+](=O)[O-])C=CN1Cc1ccc(Cl)cc1. The first kappa shape index (κ1) is 20.9. The normalized spacial score (nSPS) is 15.9. The number of benzene rings is 3. The lowest BCUT2D eigenvalue weighted by molar-refractivity contribution is -0.384. The number of anilines is 1. The Kier molecular flexibility index (Phi) is 5.93. The topological polar surface area (TPSA) is 66.7 Å². The molecule has 0 saturated heterocycles. The summed E-state index contributed by atoms with van der Waals surface area (Å²) in [5.41, 5.74) is 1.85. The van der Waals surface area contributed by atoms with Crippen molar-refractivity contribution in [3.8, 4) is 0 Å². The highest BCUT2D eigenvalue weighted by molar-refractivity contribution is 6.30. The van der Waals surface area contributed by atoms with Crippen LogP contribution in [0.5, 0.6) is 0 Å². The molecule has 0 aliphatic carbocycles. The second-order valence-corrected chi connectivity index (χ2v) is 7.87. The van der Waals surface area contributed by atoms with E-state index in [1.807, 2.05) is 12.1 Å². The van der Waals surface area contributed by atoms with Crippen molar-refractivity contribution in [3.63, 3.8) is 0 Å². The number of nitro benzene ring substituents is 1. The minimum absolute atomic E-state index is 0.0786. The van der Waals surface area contributed by atoms with Crippen molar-refractivity contribution in [1.82, 2.24) is 4.90 Å². The molecular weight excluding hydrogens is 437 g/mol. The molecule has 156 valence electrons. The van der Waals surface area contributed by atoms with Gasteiger partial charge in [-0.3, -0.25) is 14.9 Å². The minimum atomic E-state index is -0.782. The van der Waals surface area contributed by atoms with Crippen molar-refractivity contribution in [2.45, 2.75) is 12.6 Å². The Morgan fingerprint density at radius 1 is 0.871 bits per heavy atom. The molecule has 3 aromatic carbocycles. The van der Waals surface area contributed by atoms with Crippen molar-refractivity contribution >= 4 is 40.5 Å². The van der Waals surface area contributed by atoms with Gasteiger partial charge in [0, 0.05) is 28.5 Å². The summed E-state index contributed by atoms with van der Waals surface area (Å²) in [5, 5.41) is 12.8. The number of nitro groups is 1. The van der Waals surface area contributed by atoms with Gasteiger partial charge in [0.2, 0.25) is 0 Å². The zero-order valence-corrected chi connectivity index (χ0v) is 17.7.